The Morgan fingerprint density at radius 2 is 2.00 bits per heavy atom. The maximum Gasteiger partial charge on any atom is 0.319 e. The van der Waals surface area contributed by atoms with Crippen LogP contribution in [0.1, 0.15) is 43.7 Å². The number of aryl methyl sites for hydroxylation is 2. The van der Waals surface area contributed by atoms with Gasteiger partial charge in [-0.15, -0.1) is 0 Å². The van der Waals surface area contributed by atoms with Crippen molar-refractivity contribution < 1.29 is 14.4 Å². The second-order valence-electron chi connectivity index (χ2n) is 6.86. The number of aromatic nitrogens is 1. The number of hydrogen-bond acceptors (Lipinski definition) is 4. The molecule has 0 fully saturated rings. The molecule has 0 saturated carbocycles. The van der Waals surface area contributed by atoms with Crippen LogP contribution >= 0.6 is 0 Å². The van der Waals surface area contributed by atoms with Crippen molar-refractivity contribution in [1.82, 2.24) is 10.5 Å². The molecule has 6 nitrogen and oxygen atoms in total. The van der Waals surface area contributed by atoms with Crippen LogP contribution in [0.4, 0.5) is 10.5 Å². The highest BCUT2D eigenvalue weighted by Gasteiger charge is 2.30. The number of amides is 2. The van der Waals surface area contributed by atoms with Crippen LogP contribution in [0.15, 0.2) is 34.9 Å². The summed E-state index contributed by atoms with van der Waals surface area (Å²) in [4.78, 5) is 12.3. The molecule has 1 unspecified atom stereocenters. The third kappa shape index (κ3) is 4.60. The minimum Gasteiger partial charge on any atom is -0.396 e. The highest BCUT2D eigenvalue weighted by molar-refractivity contribution is 5.90. The lowest BCUT2D eigenvalue weighted by Crippen LogP contribution is -2.38. The fourth-order valence-corrected chi connectivity index (χ4v) is 2.81. The topological polar surface area (TPSA) is 87.4 Å². The molecule has 2 aromatic rings. The molecule has 0 saturated heterocycles. The van der Waals surface area contributed by atoms with E-state index in [-0.39, 0.29) is 24.0 Å². The molecule has 2 amide bonds. The van der Waals surface area contributed by atoms with Gasteiger partial charge in [-0.1, -0.05) is 56.3 Å². The number of urea groups is 1. The fraction of sp³-hybridized carbons (Fsp3) is 0.474. The highest BCUT2D eigenvalue weighted by atomic mass is 16.5. The first kappa shape index (κ1) is 19.0. The van der Waals surface area contributed by atoms with Crippen LogP contribution in [0.5, 0.6) is 0 Å². The summed E-state index contributed by atoms with van der Waals surface area (Å²) in [5.74, 6) is 0.640. The zero-order valence-electron chi connectivity index (χ0n) is 15.3. The van der Waals surface area contributed by atoms with E-state index in [1.165, 1.54) is 0 Å². The van der Waals surface area contributed by atoms with Gasteiger partial charge in [-0.3, -0.25) is 0 Å². The van der Waals surface area contributed by atoms with Crippen molar-refractivity contribution in [2.24, 2.45) is 5.41 Å². The van der Waals surface area contributed by atoms with E-state index < -0.39 is 0 Å². The maximum atomic E-state index is 12.3. The zero-order valence-corrected chi connectivity index (χ0v) is 15.3. The quantitative estimate of drug-likeness (QED) is 0.717. The second-order valence-corrected chi connectivity index (χ2v) is 6.86. The molecule has 1 atom stereocenters. The first-order valence-corrected chi connectivity index (χ1v) is 8.54. The van der Waals surface area contributed by atoms with Crippen LogP contribution in [-0.2, 0) is 6.42 Å². The van der Waals surface area contributed by atoms with E-state index in [0.29, 0.717) is 30.1 Å². The Morgan fingerprint density at radius 1 is 1.32 bits per heavy atom. The number of aliphatic hydroxyl groups excluding tert-OH is 1. The molecule has 1 aromatic heterocycles. The van der Waals surface area contributed by atoms with Gasteiger partial charge in [0.05, 0.1) is 0 Å². The van der Waals surface area contributed by atoms with Gasteiger partial charge >= 0.3 is 6.03 Å². The number of anilines is 1. The Bertz CT molecular complexity index is 695. The number of rotatable bonds is 7. The lowest BCUT2D eigenvalue weighted by atomic mass is 9.75. The Balaban J connectivity index is 2.07. The van der Waals surface area contributed by atoms with Gasteiger partial charge in [0.2, 0.25) is 0 Å². The van der Waals surface area contributed by atoms with E-state index in [4.69, 9.17) is 4.52 Å². The second kappa shape index (κ2) is 8.16. The van der Waals surface area contributed by atoms with Crippen LogP contribution in [0.25, 0.3) is 0 Å². The Hall–Kier alpha value is -2.34. The molecule has 0 aliphatic carbocycles. The first-order chi connectivity index (χ1) is 11.9. The molecule has 1 aromatic carbocycles. The number of hydrogen-bond donors (Lipinski definition) is 3. The van der Waals surface area contributed by atoms with Crippen molar-refractivity contribution in [3.63, 3.8) is 0 Å². The van der Waals surface area contributed by atoms with Crippen LogP contribution in [0.2, 0.25) is 0 Å². The summed E-state index contributed by atoms with van der Waals surface area (Å²) in [5, 5.41) is 19.4. The maximum absolute atomic E-state index is 12.3. The third-order valence-electron chi connectivity index (χ3n) is 4.51. The van der Waals surface area contributed by atoms with Gasteiger partial charge in [0.15, 0.2) is 5.76 Å². The molecule has 0 bridgehead atoms. The predicted molar refractivity (Wildman–Crippen MR) is 97.7 cm³/mol. The number of nitrogens with zero attached hydrogens (tertiary/aromatic N) is 1. The van der Waals surface area contributed by atoms with E-state index in [1.807, 2.05) is 51.1 Å². The number of aliphatic hydroxyl groups is 1. The van der Waals surface area contributed by atoms with Crippen molar-refractivity contribution in [3.05, 3.63) is 47.3 Å². The summed E-state index contributed by atoms with van der Waals surface area (Å²) in [5.41, 5.74) is 1.99. The molecular formula is C19H27N3O3. The van der Waals surface area contributed by atoms with Gasteiger partial charge in [-0.2, -0.15) is 0 Å². The van der Waals surface area contributed by atoms with Crippen molar-refractivity contribution in [3.8, 4) is 0 Å². The van der Waals surface area contributed by atoms with Gasteiger partial charge in [-0.25, -0.2) is 4.79 Å². The van der Waals surface area contributed by atoms with Gasteiger partial charge in [0.25, 0.3) is 0 Å². The van der Waals surface area contributed by atoms with Gasteiger partial charge in [-0.05, 0) is 17.9 Å². The molecule has 0 aliphatic heterocycles. The van der Waals surface area contributed by atoms with E-state index in [1.54, 1.807) is 6.92 Å². The Labute approximate surface area is 148 Å². The van der Waals surface area contributed by atoms with Gasteiger partial charge in [0, 0.05) is 25.5 Å². The minimum atomic E-state index is -0.365. The average molecular weight is 345 g/mol. The average Bonchev–Trinajstić information content (AvgIpc) is 2.95. The predicted octanol–water partition coefficient (Wildman–Crippen LogP) is 3.47. The molecular weight excluding hydrogens is 318 g/mol. The lowest BCUT2D eigenvalue weighted by Gasteiger charge is -2.33. The summed E-state index contributed by atoms with van der Waals surface area (Å²) in [7, 11) is 0. The monoisotopic (exact) mass is 345 g/mol. The largest absolute Gasteiger partial charge is 0.396 e. The van der Waals surface area contributed by atoms with Crippen molar-refractivity contribution in [2.45, 2.75) is 40.0 Å². The highest BCUT2D eigenvalue weighted by Crippen LogP contribution is 2.34. The summed E-state index contributed by atoms with van der Waals surface area (Å²) >= 11 is 0. The van der Waals surface area contributed by atoms with Crippen LogP contribution in [0, 0.1) is 12.3 Å². The molecule has 136 valence electrons. The standard InChI is InChI=1S/C19H27N3O3/c1-5-16-17(13(2)22-25-16)21-18(24)20-11-15(19(3,4)12-23)14-9-7-6-8-10-14/h6-10,15,23H,5,11-12H2,1-4H3,(H2,20,21,24). The van der Waals surface area contributed by atoms with Crippen LogP contribution in [-0.4, -0.2) is 29.4 Å². The van der Waals surface area contributed by atoms with Crippen molar-refractivity contribution in [1.29, 1.82) is 0 Å². The SMILES string of the molecule is CCc1onc(C)c1NC(=O)NCC(c1ccccc1)C(C)(C)CO. The van der Waals surface area contributed by atoms with E-state index in [0.717, 1.165) is 5.56 Å². The minimum absolute atomic E-state index is 0.0151. The molecule has 2 rings (SSSR count). The molecule has 0 radical (unpaired) electrons. The number of carbonyl (C=O) groups is 1. The van der Waals surface area contributed by atoms with Crippen molar-refractivity contribution in [2.75, 3.05) is 18.5 Å². The Morgan fingerprint density at radius 3 is 2.60 bits per heavy atom. The zero-order chi connectivity index (χ0) is 18.4. The summed E-state index contributed by atoms with van der Waals surface area (Å²) in [6.07, 6.45) is 0.653. The molecule has 6 heteroatoms. The van der Waals surface area contributed by atoms with Gasteiger partial charge in [0.1, 0.15) is 11.4 Å². The third-order valence-corrected chi connectivity index (χ3v) is 4.51. The van der Waals surface area contributed by atoms with E-state index >= 15 is 0 Å². The summed E-state index contributed by atoms with van der Waals surface area (Å²) in [6.45, 7) is 8.15. The first-order valence-electron chi connectivity index (χ1n) is 8.54. The smallest absolute Gasteiger partial charge is 0.319 e. The molecule has 1 heterocycles. The van der Waals surface area contributed by atoms with Crippen molar-refractivity contribution >= 4 is 11.7 Å². The lowest BCUT2D eigenvalue weighted by molar-refractivity contribution is 0.130. The van der Waals surface area contributed by atoms with Gasteiger partial charge < -0.3 is 20.3 Å². The normalized spacial score (nSPS) is 12.7. The number of nitrogens with one attached hydrogen (secondary N) is 2. The van der Waals surface area contributed by atoms with Crippen LogP contribution in [0.3, 0.4) is 0 Å². The molecule has 0 spiro atoms. The Kier molecular flexibility index (Phi) is 6.20. The van der Waals surface area contributed by atoms with Crippen LogP contribution < -0.4 is 10.6 Å². The molecule has 3 N–H and O–H groups in total. The summed E-state index contributed by atoms with van der Waals surface area (Å²) < 4.78 is 5.19. The molecule has 25 heavy (non-hydrogen) atoms. The molecule has 0 aliphatic rings. The van der Waals surface area contributed by atoms with E-state index in [2.05, 4.69) is 15.8 Å². The number of carbonyl (C=O) groups excluding carboxylic acids is 1. The van der Waals surface area contributed by atoms with E-state index in [9.17, 15) is 9.90 Å². The fourth-order valence-electron chi connectivity index (χ4n) is 2.81. The number of benzene rings is 1. The summed E-state index contributed by atoms with van der Waals surface area (Å²) in [6, 6.07) is 9.60.